The molecule has 3 saturated carbocycles. The van der Waals surface area contributed by atoms with Gasteiger partial charge in [0.25, 0.3) is 0 Å². The Bertz CT molecular complexity index is 2060. The number of hydrogen-bond acceptors (Lipinski definition) is 24. The summed E-state index contributed by atoms with van der Waals surface area (Å²) in [4.78, 5) is 0. The Kier molecular flexibility index (Phi) is 19.1. The van der Waals surface area contributed by atoms with Crippen molar-refractivity contribution in [3.8, 4) is 0 Å². The maximum Gasteiger partial charge on any atom is 0.187 e. The van der Waals surface area contributed by atoms with Gasteiger partial charge in [-0.3, -0.25) is 0 Å². The van der Waals surface area contributed by atoms with Crippen molar-refractivity contribution in [2.75, 3.05) is 35.0 Å². The van der Waals surface area contributed by atoms with E-state index < -0.39 is 194 Å². The number of hydrogen-bond donors (Lipinski definition) is 10. The van der Waals surface area contributed by atoms with E-state index in [4.69, 9.17) is 66.3 Å². The SMILES string of the molecule is CO[C@H]1[C@@H](O)[C@H](O[C@@H]2[C@@H](C)O[C@@H](O[C@H]3[C@@H](OC)C[C@H](O[C@H]4[C@@H](OC)C[C@H](O[C@H]5CC[C@@]6(C)C(=CC[C@]7(O)[C@@H]6[C@H](O)[C@@H](O)[C@]6(C)[C@@H]([C@H](C)O)CC[C@@]67O)C5)O[C@@H]4C)O[C@@H]3C)C[C@H]2OC)O[C@H](C)[C@H]1O[C@@H]1O[C@H](CO)[C@@H](O)[C@H](O)[C@H]1O. The Morgan fingerprint density at radius 1 is 0.582 bits per heavy atom. The first kappa shape index (κ1) is 62.3. The molecule has 0 amide bonds. The van der Waals surface area contributed by atoms with Gasteiger partial charge in [0.15, 0.2) is 31.5 Å². The first-order chi connectivity index (χ1) is 37.3. The lowest BCUT2D eigenvalue weighted by Gasteiger charge is -2.68. The minimum absolute atomic E-state index is 0.0957. The lowest BCUT2D eigenvalue weighted by molar-refractivity contribution is -0.374. The van der Waals surface area contributed by atoms with E-state index in [-0.39, 0.29) is 25.4 Å². The van der Waals surface area contributed by atoms with Gasteiger partial charge in [0.1, 0.15) is 72.2 Å². The summed E-state index contributed by atoms with van der Waals surface area (Å²) in [6.07, 6.45) is -19.0. The molecule has 0 radical (unpaired) electrons. The summed E-state index contributed by atoms with van der Waals surface area (Å²) in [5.41, 5.74) is -4.50. The second-order valence-corrected chi connectivity index (χ2v) is 24.6. The van der Waals surface area contributed by atoms with E-state index in [1.54, 1.807) is 41.9 Å². The van der Waals surface area contributed by atoms with E-state index in [0.717, 1.165) is 5.57 Å². The molecule has 8 fully saturated rings. The van der Waals surface area contributed by atoms with Gasteiger partial charge in [0.2, 0.25) is 0 Å². The molecule has 5 heterocycles. The van der Waals surface area contributed by atoms with Crippen molar-refractivity contribution in [3.05, 3.63) is 11.6 Å². The van der Waals surface area contributed by atoms with Crippen molar-refractivity contribution in [1.29, 1.82) is 0 Å². The van der Waals surface area contributed by atoms with Gasteiger partial charge in [-0.25, -0.2) is 0 Å². The van der Waals surface area contributed by atoms with E-state index in [0.29, 0.717) is 38.5 Å². The number of fused-ring (bicyclic) bond motifs is 5. The monoisotopic (exact) mass is 1140 g/mol. The van der Waals surface area contributed by atoms with Crippen LogP contribution in [-0.4, -0.2) is 257 Å². The number of aliphatic hydroxyl groups excluding tert-OH is 8. The van der Waals surface area contributed by atoms with E-state index in [1.807, 2.05) is 26.8 Å². The third-order valence-corrected chi connectivity index (χ3v) is 20.3. The molecule has 32 atom stereocenters. The van der Waals surface area contributed by atoms with Crippen LogP contribution in [0.2, 0.25) is 0 Å². The summed E-state index contributed by atoms with van der Waals surface area (Å²) in [5.74, 6) is -1.35. The molecule has 24 heteroatoms. The molecular formula is C55H92O24. The first-order valence-corrected chi connectivity index (χ1v) is 28.5. The van der Waals surface area contributed by atoms with Crippen molar-refractivity contribution in [1.82, 2.24) is 0 Å². The Labute approximate surface area is 462 Å². The van der Waals surface area contributed by atoms with Crippen LogP contribution in [0.25, 0.3) is 0 Å². The van der Waals surface area contributed by atoms with E-state index in [2.05, 4.69) is 0 Å². The fourth-order valence-electron chi connectivity index (χ4n) is 15.8. The first-order valence-electron chi connectivity index (χ1n) is 28.5. The van der Waals surface area contributed by atoms with Crippen molar-refractivity contribution >= 4 is 0 Å². The van der Waals surface area contributed by atoms with Crippen molar-refractivity contribution < 1.29 is 117 Å². The Morgan fingerprint density at radius 2 is 1.09 bits per heavy atom. The lowest BCUT2D eigenvalue weighted by atomic mass is 9.42. The molecule has 0 unspecified atom stereocenters. The lowest BCUT2D eigenvalue weighted by Crippen LogP contribution is -2.79. The molecule has 456 valence electrons. The fraction of sp³-hybridized carbons (Fsp3) is 0.964. The molecule has 10 N–H and O–H groups in total. The number of aliphatic hydroxyl groups is 10. The van der Waals surface area contributed by atoms with Gasteiger partial charge < -0.3 is 117 Å². The summed E-state index contributed by atoms with van der Waals surface area (Å²) < 4.78 is 86.9. The van der Waals surface area contributed by atoms with Gasteiger partial charge in [0, 0.05) is 59.0 Å². The van der Waals surface area contributed by atoms with Crippen LogP contribution < -0.4 is 0 Å². The van der Waals surface area contributed by atoms with Gasteiger partial charge >= 0.3 is 0 Å². The standard InChI is InChI=1S/C55H92O24/c1-23(57)30-14-17-55(65)53(30,7)49(63)42(62)48-52(6)15-13-29(18-28(52)12-16-54(48,55)64)74-35-19-31(66-8)43(24(2)70-35)76-36-20-32(67-9)44(25(3)71-36)77-37-21-33(68-10)45(26(4)72-37)78-51-41(61)47(69-11)46(27(5)73-51)79-50-40(60)39(59)38(58)34(22-56)75-50/h12,23-27,29-51,56-65H,13-22H2,1-11H3/t23-,24+,25+,26+,27+,29-,30+,31-,32-,33+,34+,35-,36-,37-,38+,39-,40+,41+,42-,43+,44+,45+,46+,47-,48+,49+,50-,51-,52-,53-,54-,55+/m0/s1. The second kappa shape index (κ2) is 24.3. The third-order valence-electron chi connectivity index (χ3n) is 20.3. The zero-order chi connectivity index (χ0) is 57.4. The minimum atomic E-state index is -1.72. The van der Waals surface area contributed by atoms with Gasteiger partial charge in [-0.1, -0.05) is 25.5 Å². The summed E-state index contributed by atoms with van der Waals surface area (Å²) in [7, 11) is 6.11. The maximum atomic E-state index is 12.6. The summed E-state index contributed by atoms with van der Waals surface area (Å²) >= 11 is 0. The molecule has 0 bridgehead atoms. The van der Waals surface area contributed by atoms with Crippen LogP contribution in [0.1, 0.15) is 106 Å². The van der Waals surface area contributed by atoms with Gasteiger partial charge in [-0.15, -0.1) is 0 Å². The molecule has 0 aromatic heterocycles. The smallest absolute Gasteiger partial charge is 0.187 e. The van der Waals surface area contributed by atoms with E-state index in [9.17, 15) is 51.1 Å². The molecule has 79 heavy (non-hydrogen) atoms. The molecule has 24 nitrogen and oxygen atoms in total. The van der Waals surface area contributed by atoms with Gasteiger partial charge in [-0.05, 0) is 84.5 Å². The van der Waals surface area contributed by atoms with Crippen molar-refractivity contribution in [2.24, 2.45) is 22.7 Å². The molecule has 0 aromatic carbocycles. The molecule has 9 rings (SSSR count). The largest absolute Gasteiger partial charge is 0.394 e. The van der Waals surface area contributed by atoms with Crippen LogP contribution >= 0.6 is 0 Å². The van der Waals surface area contributed by atoms with Crippen LogP contribution in [0, 0.1) is 22.7 Å². The van der Waals surface area contributed by atoms with Crippen LogP contribution in [0.4, 0.5) is 0 Å². The number of methoxy groups -OCH3 is 4. The third kappa shape index (κ3) is 10.9. The highest BCUT2D eigenvalue weighted by Crippen LogP contribution is 2.70. The van der Waals surface area contributed by atoms with Gasteiger partial charge in [0.05, 0.1) is 73.8 Å². The molecule has 0 aromatic rings. The zero-order valence-electron chi connectivity index (χ0n) is 47.5. The van der Waals surface area contributed by atoms with Crippen LogP contribution in [0.15, 0.2) is 11.6 Å². The molecule has 4 aliphatic carbocycles. The average Bonchev–Trinajstić information content (AvgIpc) is 3.43. The average molecular weight is 1140 g/mol. The molecule has 9 aliphatic rings. The number of ether oxygens (including phenoxy) is 14. The quantitative estimate of drug-likeness (QED) is 0.0864. The molecule has 5 saturated heterocycles. The topological polar surface area (TPSA) is 332 Å². The zero-order valence-corrected chi connectivity index (χ0v) is 47.5. The van der Waals surface area contributed by atoms with Crippen molar-refractivity contribution in [2.45, 2.75) is 277 Å². The predicted molar refractivity (Wildman–Crippen MR) is 271 cm³/mol. The van der Waals surface area contributed by atoms with Gasteiger partial charge in [-0.2, -0.15) is 0 Å². The summed E-state index contributed by atoms with van der Waals surface area (Å²) in [6.45, 7) is 11.9. The summed E-state index contributed by atoms with van der Waals surface area (Å²) in [5, 5.41) is 112. The van der Waals surface area contributed by atoms with Crippen LogP contribution in [0.5, 0.6) is 0 Å². The van der Waals surface area contributed by atoms with E-state index in [1.165, 1.54) is 14.2 Å². The summed E-state index contributed by atoms with van der Waals surface area (Å²) in [6, 6.07) is 0. The highest BCUT2D eigenvalue weighted by atomic mass is 16.8. The molecular weight excluding hydrogens is 1040 g/mol. The Morgan fingerprint density at radius 3 is 1.61 bits per heavy atom. The van der Waals surface area contributed by atoms with Crippen molar-refractivity contribution in [3.63, 3.8) is 0 Å². The molecule has 0 spiro atoms. The highest BCUT2D eigenvalue weighted by molar-refractivity contribution is 5.36. The predicted octanol–water partition coefficient (Wildman–Crippen LogP) is -0.586. The number of rotatable bonds is 16. The van der Waals surface area contributed by atoms with E-state index >= 15 is 0 Å². The minimum Gasteiger partial charge on any atom is -0.394 e. The van der Waals surface area contributed by atoms with Crippen LogP contribution in [0.3, 0.4) is 0 Å². The molecule has 5 aliphatic heterocycles. The normalized spacial score (nSPS) is 54.5. The Hall–Kier alpha value is -1.22. The van der Waals surface area contributed by atoms with Crippen LogP contribution in [-0.2, 0) is 66.3 Å². The second-order valence-electron chi connectivity index (χ2n) is 24.6. The fourth-order valence-corrected chi connectivity index (χ4v) is 15.8. The Balaban J connectivity index is 0.767. The highest BCUT2D eigenvalue weighted by Gasteiger charge is 2.78. The maximum absolute atomic E-state index is 12.6.